The van der Waals surface area contributed by atoms with Crippen LogP contribution in [-0.4, -0.2) is 10.6 Å². The van der Waals surface area contributed by atoms with Crippen LogP contribution < -0.4 is 4.90 Å². The highest BCUT2D eigenvalue weighted by Gasteiger charge is 2.51. The average Bonchev–Trinajstić information content (AvgIpc) is 3.94. The zero-order chi connectivity index (χ0) is 38.8. The number of hydrogen-bond donors (Lipinski definition) is 0. The molecule has 3 aliphatic rings. The second kappa shape index (κ2) is 12.1. The number of benzene rings is 8. The molecule has 3 heteroatoms. The van der Waals surface area contributed by atoms with E-state index in [-0.39, 0.29) is 6.04 Å². The summed E-state index contributed by atoms with van der Waals surface area (Å²) < 4.78 is 9.33. The van der Waals surface area contributed by atoms with Crippen LogP contribution in [0.3, 0.4) is 0 Å². The van der Waals surface area contributed by atoms with Crippen LogP contribution in [0, 0.1) is 5.92 Å². The third kappa shape index (κ3) is 4.31. The van der Waals surface area contributed by atoms with Crippen LogP contribution in [0.4, 0.5) is 11.4 Å². The van der Waals surface area contributed by atoms with Gasteiger partial charge < -0.3 is 13.9 Å². The molecule has 3 atom stereocenters. The predicted molar refractivity (Wildman–Crippen MR) is 244 cm³/mol. The molecular weight excluding hydrogens is 717 g/mol. The highest BCUT2D eigenvalue weighted by molar-refractivity contribution is 6.26. The van der Waals surface area contributed by atoms with Crippen LogP contribution in [0.15, 0.2) is 205 Å². The first-order valence-corrected chi connectivity index (χ1v) is 20.7. The first-order valence-electron chi connectivity index (χ1n) is 20.7. The number of rotatable bonds is 4. The van der Waals surface area contributed by atoms with Gasteiger partial charge in [-0.1, -0.05) is 153 Å². The number of para-hydroxylation sites is 4. The molecule has 3 heterocycles. The van der Waals surface area contributed by atoms with Gasteiger partial charge >= 0.3 is 0 Å². The van der Waals surface area contributed by atoms with Crippen molar-refractivity contribution >= 4 is 55.1 Å². The van der Waals surface area contributed by atoms with Crippen LogP contribution in [0.1, 0.15) is 29.2 Å². The fourth-order valence-corrected chi connectivity index (χ4v) is 11.0. The lowest BCUT2D eigenvalue weighted by Crippen LogP contribution is -2.35. The Morgan fingerprint density at radius 1 is 0.525 bits per heavy atom. The number of hydrogen-bond acceptors (Lipinski definition) is 2. The second-order valence-corrected chi connectivity index (χ2v) is 16.4. The van der Waals surface area contributed by atoms with Gasteiger partial charge in [-0.3, -0.25) is 0 Å². The monoisotopic (exact) mass is 754 g/mol. The van der Waals surface area contributed by atoms with Crippen LogP contribution in [0.5, 0.6) is 0 Å². The molecule has 2 aromatic heterocycles. The Balaban J connectivity index is 1.08. The van der Waals surface area contributed by atoms with E-state index < -0.39 is 5.41 Å². The molecule has 0 N–H and O–H groups in total. The normalized spacial score (nSPS) is 18.5. The van der Waals surface area contributed by atoms with E-state index in [9.17, 15) is 0 Å². The van der Waals surface area contributed by atoms with Gasteiger partial charge in [-0.2, -0.15) is 0 Å². The fraction of sp³-hybridized carbons (Fsp3) is 0.0714. The van der Waals surface area contributed by atoms with Crippen molar-refractivity contribution < 1.29 is 4.42 Å². The van der Waals surface area contributed by atoms with E-state index in [2.05, 4.69) is 217 Å². The summed E-state index contributed by atoms with van der Waals surface area (Å²) in [7, 11) is 0. The third-order valence-electron chi connectivity index (χ3n) is 13.4. The summed E-state index contributed by atoms with van der Waals surface area (Å²) >= 11 is 0. The van der Waals surface area contributed by atoms with Crippen molar-refractivity contribution in [2.75, 3.05) is 4.90 Å². The van der Waals surface area contributed by atoms with Crippen molar-refractivity contribution in [2.24, 2.45) is 5.92 Å². The Kier molecular flexibility index (Phi) is 6.69. The molecule has 13 rings (SSSR count). The van der Waals surface area contributed by atoms with Crippen molar-refractivity contribution in [1.29, 1.82) is 0 Å². The lowest BCUT2D eigenvalue weighted by atomic mass is 9.65. The minimum absolute atomic E-state index is 0.202. The molecule has 0 amide bonds. The summed E-state index contributed by atoms with van der Waals surface area (Å²) in [6, 6.07) is 65.4. The van der Waals surface area contributed by atoms with E-state index >= 15 is 0 Å². The standard InChI is InChI=1S/C56H38N2O/c1-35-16-5-11-26-49(35)57(38-18-3-2-4-19-38)39-20-15-17-36(32-39)37-30-31-46-43(33-37)40-21-6-9-24-45(40)56(46)47-25-10-13-28-51(47)58-50-27-12-7-23-42(50)53-54(58)48(56)34-44-41-22-8-14-29-52(41)59-55(44)53/h2-35,49H,1H3. The van der Waals surface area contributed by atoms with Gasteiger partial charge in [0.15, 0.2) is 0 Å². The van der Waals surface area contributed by atoms with Gasteiger partial charge in [0.25, 0.3) is 0 Å². The summed E-state index contributed by atoms with van der Waals surface area (Å²) in [6.07, 6.45) is 8.99. The number of aromatic nitrogens is 1. The van der Waals surface area contributed by atoms with Gasteiger partial charge in [0.1, 0.15) is 11.2 Å². The number of furan rings is 1. The zero-order valence-electron chi connectivity index (χ0n) is 32.5. The SMILES string of the molecule is CC1C=CC=CC1N(c1ccccc1)c1cccc(-c2ccc3c(c2)-c2ccccc2C32c3ccccc3-n3c4ccccc4c4c5oc6ccccc6c5cc2c43)c1. The van der Waals surface area contributed by atoms with E-state index in [1.807, 2.05) is 0 Å². The quantitative estimate of drug-likeness (QED) is 0.178. The molecule has 10 aromatic rings. The van der Waals surface area contributed by atoms with Crippen LogP contribution in [-0.2, 0) is 5.41 Å². The Hall–Kier alpha value is -7.36. The Morgan fingerprint density at radius 2 is 1.24 bits per heavy atom. The van der Waals surface area contributed by atoms with Crippen molar-refractivity contribution in [2.45, 2.75) is 18.4 Å². The van der Waals surface area contributed by atoms with Crippen molar-refractivity contribution in [3.63, 3.8) is 0 Å². The molecule has 0 saturated carbocycles. The first kappa shape index (κ1) is 32.7. The molecule has 1 aliphatic heterocycles. The van der Waals surface area contributed by atoms with Crippen LogP contribution in [0.25, 0.3) is 71.7 Å². The molecule has 0 bridgehead atoms. The molecule has 1 spiro atoms. The van der Waals surface area contributed by atoms with Gasteiger partial charge in [-0.15, -0.1) is 0 Å². The molecule has 0 radical (unpaired) electrons. The minimum Gasteiger partial charge on any atom is -0.455 e. The maximum Gasteiger partial charge on any atom is 0.145 e. The second-order valence-electron chi connectivity index (χ2n) is 16.4. The van der Waals surface area contributed by atoms with E-state index in [0.717, 1.165) is 21.9 Å². The van der Waals surface area contributed by atoms with E-state index in [1.165, 1.54) is 83.4 Å². The Labute approximate surface area is 342 Å². The Morgan fingerprint density at radius 3 is 2.14 bits per heavy atom. The van der Waals surface area contributed by atoms with Gasteiger partial charge in [-0.25, -0.2) is 0 Å². The zero-order valence-corrected chi connectivity index (χ0v) is 32.5. The van der Waals surface area contributed by atoms with E-state index in [0.29, 0.717) is 5.92 Å². The van der Waals surface area contributed by atoms with Crippen molar-refractivity contribution in [3.8, 4) is 27.9 Å². The number of fused-ring (bicyclic) bond motifs is 16. The molecular formula is C56H38N2O. The van der Waals surface area contributed by atoms with Crippen molar-refractivity contribution in [1.82, 2.24) is 4.57 Å². The summed E-state index contributed by atoms with van der Waals surface area (Å²) in [4.78, 5) is 2.49. The summed E-state index contributed by atoms with van der Waals surface area (Å²) in [5.74, 6) is 0.361. The van der Waals surface area contributed by atoms with Crippen LogP contribution >= 0.6 is 0 Å². The molecule has 278 valence electrons. The van der Waals surface area contributed by atoms with Gasteiger partial charge in [0.05, 0.1) is 33.6 Å². The molecule has 0 fully saturated rings. The van der Waals surface area contributed by atoms with Gasteiger partial charge in [-0.05, 0) is 105 Å². The van der Waals surface area contributed by atoms with Gasteiger partial charge in [0, 0.05) is 27.5 Å². The number of nitrogens with zero attached hydrogens (tertiary/aromatic N) is 2. The molecule has 3 unspecified atom stereocenters. The number of allylic oxidation sites excluding steroid dienone is 2. The minimum atomic E-state index is -0.556. The highest BCUT2D eigenvalue weighted by Crippen LogP contribution is 2.62. The smallest absolute Gasteiger partial charge is 0.145 e. The number of anilines is 2. The summed E-state index contributed by atoms with van der Waals surface area (Å²) in [5.41, 5.74) is 17.5. The average molecular weight is 755 g/mol. The molecule has 0 saturated heterocycles. The first-order chi connectivity index (χ1) is 29.2. The summed E-state index contributed by atoms with van der Waals surface area (Å²) in [5, 5.41) is 4.69. The molecule has 3 nitrogen and oxygen atoms in total. The van der Waals surface area contributed by atoms with Crippen LogP contribution in [0.2, 0.25) is 0 Å². The van der Waals surface area contributed by atoms with Crippen molar-refractivity contribution in [3.05, 3.63) is 222 Å². The molecule has 2 aliphatic carbocycles. The highest BCUT2D eigenvalue weighted by atomic mass is 16.3. The van der Waals surface area contributed by atoms with E-state index in [4.69, 9.17) is 4.42 Å². The fourth-order valence-electron chi connectivity index (χ4n) is 11.0. The van der Waals surface area contributed by atoms with Gasteiger partial charge in [0.2, 0.25) is 0 Å². The largest absolute Gasteiger partial charge is 0.455 e. The summed E-state index contributed by atoms with van der Waals surface area (Å²) in [6.45, 7) is 2.31. The maximum absolute atomic E-state index is 6.83. The molecule has 59 heavy (non-hydrogen) atoms. The topological polar surface area (TPSA) is 21.3 Å². The lowest BCUT2D eigenvalue weighted by molar-refractivity contribution is 0.609. The lowest BCUT2D eigenvalue weighted by Gasteiger charge is -2.39. The Bertz CT molecular complexity index is 3440. The maximum atomic E-state index is 6.83. The predicted octanol–water partition coefficient (Wildman–Crippen LogP) is 14.3. The molecule has 8 aromatic carbocycles. The third-order valence-corrected chi connectivity index (χ3v) is 13.4. The van der Waals surface area contributed by atoms with E-state index in [1.54, 1.807) is 0 Å².